The number of nitrogens with one attached hydrogen (secondary N) is 1. The van der Waals surface area contributed by atoms with Crippen LogP contribution in [0.5, 0.6) is 5.75 Å². The highest BCUT2D eigenvalue weighted by atomic mass is 19.1. The molecular weight excluding hydrogens is 515 g/mol. The van der Waals surface area contributed by atoms with Crippen LogP contribution in [0.3, 0.4) is 0 Å². The maximum absolute atomic E-state index is 13.9. The van der Waals surface area contributed by atoms with E-state index in [4.69, 9.17) is 9.47 Å². The fraction of sp³-hybridized carbons (Fsp3) is 0.500. The van der Waals surface area contributed by atoms with Crippen molar-refractivity contribution in [1.82, 2.24) is 20.0 Å². The van der Waals surface area contributed by atoms with Gasteiger partial charge in [0.2, 0.25) is 5.91 Å². The van der Waals surface area contributed by atoms with Crippen molar-refractivity contribution in [3.8, 4) is 5.75 Å². The third kappa shape index (κ3) is 6.28. The van der Waals surface area contributed by atoms with E-state index in [1.54, 1.807) is 41.2 Å². The number of benzene rings is 2. The minimum atomic E-state index is -0.726. The molecule has 3 unspecified atom stereocenters. The fourth-order valence-corrected chi connectivity index (χ4v) is 5.84. The Labute approximate surface area is 234 Å². The van der Waals surface area contributed by atoms with Gasteiger partial charge in [-0.3, -0.25) is 14.4 Å². The van der Waals surface area contributed by atoms with Crippen molar-refractivity contribution in [2.24, 2.45) is 0 Å². The van der Waals surface area contributed by atoms with Gasteiger partial charge in [0.15, 0.2) is 0 Å². The number of likely N-dealkylation sites (tertiary alicyclic amines) is 1. The Morgan fingerprint density at radius 1 is 1.02 bits per heavy atom. The van der Waals surface area contributed by atoms with E-state index in [0.717, 1.165) is 25.8 Å². The highest BCUT2D eigenvalue weighted by Gasteiger charge is 2.45. The summed E-state index contributed by atoms with van der Waals surface area (Å²) < 4.78 is 24.8. The van der Waals surface area contributed by atoms with E-state index in [0.29, 0.717) is 56.1 Å². The molecule has 3 saturated heterocycles. The van der Waals surface area contributed by atoms with Crippen LogP contribution in [0.4, 0.5) is 4.39 Å². The molecule has 2 aromatic rings. The molecule has 3 atom stereocenters. The van der Waals surface area contributed by atoms with Crippen LogP contribution < -0.4 is 10.1 Å². The van der Waals surface area contributed by atoms with Gasteiger partial charge >= 0.3 is 0 Å². The summed E-state index contributed by atoms with van der Waals surface area (Å²) in [4.78, 5) is 46.7. The van der Waals surface area contributed by atoms with Crippen molar-refractivity contribution >= 4 is 17.7 Å². The molecule has 3 heterocycles. The van der Waals surface area contributed by atoms with Crippen LogP contribution >= 0.6 is 0 Å². The molecule has 3 amide bonds. The second-order valence-electron chi connectivity index (χ2n) is 10.6. The molecule has 1 N–H and O–H groups in total. The first-order valence-corrected chi connectivity index (χ1v) is 14.1. The molecule has 0 spiro atoms. The van der Waals surface area contributed by atoms with Crippen LogP contribution in [0.25, 0.3) is 0 Å². The minimum absolute atomic E-state index is 0.102. The summed E-state index contributed by atoms with van der Waals surface area (Å²) in [7, 11) is 1.57. The lowest BCUT2D eigenvalue weighted by molar-refractivity contribution is -0.135. The monoisotopic (exact) mass is 552 g/mol. The number of hydrogen-bond acceptors (Lipinski definition) is 6. The smallest absolute Gasteiger partial charge is 0.254 e. The lowest BCUT2D eigenvalue weighted by Crippen LogP contribution is -2.48. The van der Waals surface area contributed by atoms with Gasteiger partial charge in [0.05, 0.1) is 19.3 Å². The highest BCUT2D eigenvalue weighted by Crippen LogP contribution is 2.29. The maximum atomic E-state index is 13.9. The number of rotatable bonds is 7. The lowest BCUT2D eigenvalue weighted by Gasteiger charge is -2.31. The van der Waals surface area contributed by atoms with Crippen molar-refractivity contribution in [1.29, 1.82) is 0 Å². The molecule has 9 nitrogen and oxygen atoms in total. The molecule has 0 saturated carbocycles. The molecular formula is C30H37FN4O5. The molecule has 0 radical (unpaired) electrons. The second kappa shape index (κ2) is 12.8. The maximum Gasteiger partial charge on any atom is 0.254 e. The molecule has 0 aliphatic carbocycles. The lowest BCUT2D eigenvalue weighted by atomic mass is 10.1. The van der Waals surface area contributed by atoms with E-state index < -0.39 is 11.9 Å². The first-order chi connectivity index (χ1) is 19.4. The topological polar surface area (TPSA) is 91.4 Å². The van der Waals surface area contributed by atoms with Crippen molar-refractivity contribution < 1.29 is 28.2 Å². The Hall–Kier alpha value is -3.50. The van der Waals surface area contributed by atoms with Crippen molar-refractivity contribution in [2.75, 3.05) is 53.0 Å². The van der Waals surface area contributed by atoms with Gasteiger partial charge in [0, 0.05) is 50.5 Å². The SMILES string of the molecule is COc1ccc(C(=O)N(CC2CCCO2)C2CC(C(=O)N3CCCNCC3)N(C(=O)c3ccc(F)cc3)C2)cc1. The number of methoxy groups -OCH3 is 1. The third-order valence-corrected chi connectivity index (χ3v) is 8.03. The summed E-state index contributed by atoms with van der Waals surface area (Å²) in [5, 5.41) is 3.31. The molecule has 2 aromatic carbocycles. The molecule has 0 aromatic heterocycles. The number of carbonyl (C=O) groups is 3. The van der Waals surface area contributed by atoms with Crippen molar-refractivity contribution in [2.45, 2.75) is 43.9 Å². The van der Waals surface area contributed by atoms with Gasteiger partial charge in [-0.25, -0.2) is 4.39 Å². The summed E-state index contributed by atoms with van der Waals surface area (Å²) in [5.74, 6) is -0.423. The number of hydrogen-bond donors (Lipinski definition) is 1. The van der Waals surface area contributed by atoms with Gasteiger partial charge in [-0.15, -0.1) is 0 Å². The zero-order chi connectivity index (χ0) is 28.1. The quantitative estimate of drug-likeness (QED) is 0.568. The number of halogens is 1. The minimum Gasteiger partial charge on any atom is -0.497 e. The van der Waals surface area contributed by atoms with Crippen LogP contribution in [0.2, 0.25) is 0 Å². The van der Waals surface area contributed by atoms with Gasteiger partial charge in [0.1, 0.15) is 17.6 Å². The summed E-state index contributed by atoms with van der Waals surface area (Å²) in [6, 6.07) is 11.2. The second-order valence-corrected chi connectivity index (χ2v) is 10.6. The van der Waals surface area contributed by atoms with E-state index in [9.17, 15) is 18.8 Å². The number of ether oxygens (including phenoxy) is 2. The Kier molecular flexibility index (Phi) is 8.96. The summed E-state index contributed by atoms with van der Waals surface area (Å²) in [6.07, 6.45) is 2.83. The molecule has 5 rings (SSSR count). The van der Waals surface area contributed by atoms with Crippen molar-refractivity contribution in [3.05, 3.63) is 65.5 Å². The first kappa shape index (κ1) is 28.0. The average Bonchev–Trinajstić information content (AvgIpc) is 3.58. The number of carbonyl (C=O) groups excluding carboxylic acids is 3. The summed E-state index contributed by atoms with van der Waals surface area (Å²) in [6.45, 7) is 3.92. The molecule has 40 heavy (non-hydrogen) atoms. The highest BCUT2D eigenvalue weighted by molar-refractivity contribution is 5.99. The Morgan fingerprint density at radius 2 is 1.77 bits per heavy atom. The molecule has 3 aliphatic heterocycles. The molecule has 10 heteroatoms. The van der Waals surface area contributed by atoms with Gasteiger partial charge in [-0.05, 0) is 80.8 Å². The van der Waals surface area contributed by atoms with Gasteiger partial charge in [0.25, 0.3) is 11.8 Å². The molecule has 3 fully saturated rings. The van der Waals surface area contributed by atoms with Gasteiger partial charge < -0.3 is 29.5 Å². The molecule has 214 valence electrons. The summed E-state index contributed by atoms with van der Waals surface area (Å²) >= 11 is 0. The average molecular weight is 553 g/mol. The standard InChI is InChI=1S/C30H37FN4O5/c1-39-25-11-7-22(8-12-25)28(36)34(20-26-4-2-17-40-26)24-18-27(30(38)33-15-3-13-32-14-16-33)35(19-24)29(37)21-5-9-23(31)10-6-21/h5-12,24,26-27,32H,2-4,13-20H2,1H3. The predicted molar refractivity (Wildman–Crippen MR) is 147 cm³/mol. The molecule has 0 bridgehead atoms. The van der Waals surface area contributed by atoms with Crippen LogP contribution in [-0.4, -0.2) is 104 Å². The van der Waals surface area contributed by atoms with E-state index in [1.807, 2.05) is 4.90 Å². The van der Waals surface area contributed by atoms with Crippen LogP contribution in [0, 0.1) is 5.82 Å². The zero-order valence-electron chi connectivity index (χ0n) is 22.9. The number of amides is 3. The van der Waals surface area contributed by atoms with Crippen molar-refractivity contribution in [3.63, 3.8) is 0 Å². The normalized spacial score (nSPS) is 23.1. The van der Waals surface area contributed by atoms with Crippen LogP contribution in [0.15, 0.2) is 48.5 Å². The van der Waals surface area contributed by atoms with Gasteiger partial charge in [-0.1, -0.05) is 0 Å². The predicted octanol–water partition coefficient (Wildman–Crippen LogP) is 2.56. The van der Waals surface area contributed by atoms with Crippen LogP contribution in [-0.2, 0) is 9.53 Å². The fourth-order valence-electron chi connectivity index (χ4n) is 5.84. The number of nitrogens with zero attached hydrogens (tertiary/aromatic N) is 3. The Morgan fingerprint density at radius 3 is 2.48 bits per heavy atom. The van der Waals surface area contributed by atoms with E-state index in [1.165, 1.54) is 24.3 Å². The Balaban J connectivity index is 1.44. The van der Waals surface area contributed by atoms with E-state index >= 15 is 0 Å². The van der Waals surface area contributed by atoms with E-state index in [-0.39, 0.29) is 36.4 Å². The zero-order valence-corrected chi connectivity index (χ0v) is 22.9. The summed E-state index contributed by atoms with van der Waals surface area (Å²) in [5.41, 5.74) is 0.813. The third-order valence-electron chi connectivity index (χ3n) is 8.03. The van der Waals surface area contributed by atoms with E-state index in [2.05, 4.69) is 5.32 Å². The molecule has 3 aliphatic rings. The van der Waals surface area contributed by atoms with Gasteiger partial charge in [-0.2, -0.15) is 0 Å². The Bertz CT molecular complexity index is 1180. The first-order valence-electron chi connectivity index (χ1n) is 14.1. The van der Waals surface area contributed by atoms with Crippen LogP contribution in [0.1, 0.15) is 46.4 Å². The largest absolute Gasteiger partial charge is 0.497 e.